The molecule has 0 amide bonds. The lowest BCUT2D eigenvalue weighted by Gasteiger charge is -2.36. The van der Waals surface area contributed by atoms with Crippen LogP contribution in [0.4, 0.5) is 0 Å². The molecule has 0 spiro atoms. The first-order chi connectivity index (χ1) is 9.36. The Kier molecular flexibility index (Phi) is 4.35. The molecule has 1 unspecified atom stereocenters. The molecule has 1 aromatic rings. The van der Waals surface area contributed by atoms with E-state index in [9.17, 15) is 8.42 Å². The smallest absolute Gasteiger partial charge is 0.244 e. The molecule has 1 aromatic carbocycles. The Bertz CT molecular complexity index is 654. The molecular weight excluding hydrogens is 298 g/mol. The Balaban J connectivity index is 2.34. The Morgan fingerprint density at radius 1 is 1.40 bits per heavy atom. The third kappa shape index (κ3) is 2.81. The Morgan fingerprint density at radius 3 is 2.65 bits per heavy atom. The summed E-state index contributed by atoms with van der Waals surface area (Å²) in [5.41, 5.74) is 0.348. The van der Waals surface area contributed by atoms with Gasteiger partial charge in [-0.25, -0.2) is 8.42 Å². The number of benzene rings is 1. The first-order valence-corrected chi connectivity index (χ1v) is 8.08. The van der Waals surface area contributed by atoms with Gasteiger partial charge in [0.25, 0.3) is 0 Å². The Morgan fingerprint density at radius 2 is 2.10 bits per heavy atom. The summed E-state index contributed by atoms with van der Waals surface area (Å²) >= 11 is 6.01. The molecule has 5 nitrogen and oxygen atoms in total. The van der Waals surface area contributed by atoms with E-state index in [2.05, 4.69) is 4.90 Å². The second-order valence-electron chi connectivity index (χ2n) is 4.95. The van der Waals surface area contributed by atoms with Gasteiger partial charge in [-0.1, -0.05) is 11.6 Å². The topological polar surface area (TPSA) is 64.4 Å². The van der Waals surface area contributed by atoms with E-state index in [-0.39, 0.29) is 16.0 Å². The highest BCUT2D eigenvalue weighted by atomic mass is 35.5. The summed E-state index contributed by atoms with van der Waals surface area (Å²) in [6.45, 7) is 3.56. The van der Waals surface area contributed by atoms with Crippen LogP contribution < -0.4 is 0 Å². The highest BCUT2D eigenvalue weighted by molar-refractivity contribution is 7.89. The number of nitrogens with zero attached hydrogens (tertiary/aromatic N) is 3. The summed E-state index contributed by atoms with van der Waals surface area (Å²) in [7, 11) is -1.63. The molecule has 0 radical (unpaired) electrons. The van der Waals surface area contributed by atoms with E-state index in [1.807, 2.05) is 20.0 Å². The van der Waals surface area contributed by atoms with Crippen LogP contribution in [0, 0.1) is 11.3 Å². The Hall–Kier alpha value is -1.13. The van der Waals surface area contributed by atoms with Gasteiger partial charge in [0.05, 0.1) is 16.7 Å². The quantitative estimate of drug-likeness (QED) is 0.830. The van der Waals surface area contributed by atoms with E-state index in [1.54, 1.807) is 0 Å². The molecule has 0 aliphatic carbocycles. The number of sulfonamides is 1. The van der Waals surface area contributed by atoms with Crippen LogP contribution in [-0.4, -0.2) is 50.3 Å². The molecule has 1 heterocycles. The number of piperazine rings is 1. The SMILES string of the molecule is CC1CN(S(=O)(=O)c2ccc(C#N)cc2Cl)CCN1C. The van der Waals surface area contributed by atoms with Crippen LogP contribution in [0.1, 0.15) is 12.5 Å². The van der Waals surface area contributed by atoms with Crippen LogP contribution in [-0.2, 0) is 10.0 Å². The first kappa shape index (κ1) is 15.3. The highest BCUT2D eigenvalue weighted by Gasteiger charge is 2.32. The monoisotopic (exact) mass is 313 g/mol. The first-order valence-electron chi connectivity index (χ1n) is 6.26. The number of halogens is 1. The van der Waals surface area contributed by atoms with E-state index < -0.39 is 10.0 Å². The summed E-state index contributed by atoms with van der Waals surface area (Å²) < 4.78 is 26.6. The molecule has 0 aromatic heterocycles. The molecule has 1 atom stereocenters. The van der Waals surface area contributed by atoms with Gasteiger partial charge in [-0.2, -0.15) is 9.57 Å². The fourth-order valence-electron chi connectivity index (χ4n) is 2.15. The summed E-state index contributed by atoms with van der Waals surface area (Å²) in [6.07, 6.45) is 0. The van der Waals surface area contributed by atoms with Crippen LogP contribution in [0.5, 0.6) is 0 Å². The fourth-order valence-corrected chi connectivity index (χ4v) is 4.18. The number of rotatable bonds is 2. The molecule has 1 aliphatic heterocycles. The van der Waals surface area contributed by atoms with Gasteiger partial charge in [-0.05, 0) is 32.2 Å². The van der Waals surface area contributed by atoms with E-state index in [0.717, 1.165) is 0 Å². The number of hydrogen-bond donors (Lipinski definition) is 0. The minimum Gasteiger partial charge on any atom is -0.301 e. The van der Waals surface area contributed by atoms with Crippen LogP contribution in [0.2, 0.25) is 5.02 Å². The third-order valence-electron chi connectivity index (χ3n) is 3.60. The predicted molar refractivity (Wildman–Crippen MR) is 77.0 cm³/mol. The number of likely N-dealkylation sites (N-methyl/N-ethyl adjacent to an activating group) is 1. The van der Waals surface area contributed by atoms with Gasteiger partial charge in [0.2, 0.25) is 10.0 Å². The molecule has 0 saturated carbocycles. The average molecular weight is 314 g/mol. The fraction of sp³-hybridized carbons (Fsp3) is 0.462. The third-order valence-corrected chi connectivity index (χ3v) is 5.95. The lowest BCUT2D eigenvalue weighted by atomic mass is 10.2. The maximum absolute atomic E-state index is 12.6. The molecule has 0 bridgehead atoms. The van der Waals surface area contributed by atoms with Gasteiger partial charge >= 0.3 is 0 Å². The molecule has 1 fully saturated rings. The second kappa shape index (κ2) is 5.70. The Labute approximate surface area is 124 Å². The maximum atomic E-state index is 12.6. The average Bonchev–Trinajstić information content (AvgIpc) is 2.41. The normalized spacial score (nSPS) is 21.6. The van der Waals surface area contributed by atoms with Crippen molar-refractivity contribution < 1.29 is 8.42 Å². The van der Waals surface area contributed by atoms with Crippen LogP contribution >= 0.6 is 11.6 Å². The van der Waals surface area contributed by atoms with Crippen molar-refractivity contribution in [2.24, 2.45) is 0 Å². The standard InChI is InChI=1S/C13H16ClN3O2S/c1-10-9-17(6-5-16(10)2)20(18,19)13-4-3-11(8-15)7-12(13)14/h3-4,7,10H,5-6,9H2,1-2H3. The predicted octanol–water partition coefficient (Wildman–Crippen LogP) is 1.54. The number of hydrogen-bond acceptors (Lipinski definition) is 4. The van der Waals surface area contributed by atoms with Crippen molar-refractivity contribution in [3.8, 4) is 6.07 Å². The summed E-state index contributed by atoms with van der Waals surface area (Å²) in [5.74, 6) is 0. The zero-order valence-corrected chi connectivity index (χ0v) is 12.9. The van der Waals surface area contributed by atoms with E-state index in [0.29, 0.717) is 25.2 Å². The van der Waals surface area contributed by atoms with Crippen molar-refractivity contribution in [1.82, 2.24) is 9.21 Å². The van der Waals surface area contributed by atoms with Crippen LogP contribution in [0.15, 0.2) is 23.1 Å². The zero-order valence-electron chi connectivity index (χ0n) is 11.4. The van der Waals surface area contributed by atoms with Gasteiger partial charge in [0.1, 0.15) is 4.90 Å². The largest absolute Gasteiger partial charge is 0.301 e. The van der Waals surface area contributed by atoms with Gasteiger partial charge < -0.3 is 4.90 Å². The van der Waals surface area contributed by atoms with Gasteiger partial charge in [-0.15, -0.1) is 0 Å². The lowest BCUT2D eigenvalue weighted by Crippen LogP contribution is -2.51. The summed E-state index contributed by atoms with van der Waals surface area (Å²) in [5, 5.41) is 8.89. The van der Waals surface area contributed by atoms with E-state index in [1.165, 1.54) is 22.5 Å². The second-order valence-corrected chi connectivity index (χ2v) is 7.26. The zero-order chi connectivity index (χ0) is 14.9. The highest BCUT2D eigenvalue weighted by Crippen LogP contribution is 2.27. The van der Waals surface area contributed by atoms with E-state index in [4.69, 9.17) is 16.9 Å². The minimum atomic E-state index is -3.61. The van der Waals surface area contributed by atoms with Gasteiger partial charge in [0, 0.05) is 25.7 Å². The molecule has 0 N–H and O–H groups in total. The van der Waals surface area contributed by atoms with Crippen molar-refractivity contribution in [3.63, 3.8) is 0 Å². The van der Waals surface area contributed by atoms with Crippen molar-refractivity contribution >= 4 is 21.6 Å². The maximum Gasteiger partial charge on any atom is 0.244 e. The lowest BCUT2D eigenvalue weighted by molar-refractivity contribution is 0.159. The van der Waals surface area contributed by atoms with Crippen molar-refractivity contribution in [3.05, 3.63) is 28.8 Å². The molecule has 2 rings (SSSR count). The van der Waals surface area contributed by atoms with E-state index >= 15 is 0 Å². The molecule has 20 heavy (non-hydrogen) atoms. The molecule has 108 valence electrons. The molecular formula is C13H16ClN3O2S. The summed E-state index contributed by atoms with van der Waals surface area (Å²) in [6, 6.07) is 6.36. The van der Waals surface area contributed by atoms with Crippen molar-refractivity contribution in [2.45, 2.75) is 17.9 Å². The van der Waals surface area contributed by atoms with Gasteiger partial charge in [0.15, 0.2) is 0 Å². The molecule has 1 saturated heterocycles. The van der Waals surface area contributed by atoms with Crippen LogP contribution in [0.25, 0.3) is 0 Å². The minimum absolute atomic E-state index is 0.0647. The van der Waals surface area contributed by atoms with Crippen LogP contribution in [0.3, 0.4) is 0 Å². The van der Waals surface area contributed by atoms with Crippen molar-refractivity contribution in [2.75, 3.05) is 26.7 Å². The molecule has 7 heteroatoms. The summed E-state index contributed by atoms with van der Waals surface area (Å²) in [4.78, 5) is 2.18. The van der Waals surface area contributed by atoms with Gasteiger partial charge in [-0.3, -0.25) is 0 Å². The molecule has 1 aliphatic rings. The van der Waals surface area contributed by atoms with Crippen molar-refractivity contribution in [1.29, 1.82) is 5.26 Å². The number of nitriles is 1.